The Morgan fingerprint density at radius 1 is 1.29 bits per heavy atom. The van der Waals surface area contributed by atoms with Crippen LogP contribution in [0.3, 0.4) is 0 Å². The fourth-order valence-corrected chi connectivity index (χ4v) is 2.45. The van der Waals surface area contributed by atoms with Crippen LogP contribution in [0.5, 0.6) is 0 Å². The number of hydrogen-bond donors (Lipinski definition) is 1. The largest absolute Gasteiger partial charge is 0.348 e. The maximum Gasteiger partial charge on any atom is 0.173 e. The third-order valence-electron chi connectivity index (χ3n) is 3.79. The lowest BCUT2D eigenvalue weighted by atomic mass is 10.2. The summed E-state index contributed by atoms with van der Waals surface area (Å²) in [4.78, 5) is 2.04. The Kier molecular flexibility index (Phi) is 4.63. The summed E-state index contributed by atoms with van der Waals surface area (Å²) in [5, 5.41) is 8.47. The molecule has 0 spiro atoms. The minimum Gasteiger partial charge on any atom is -0.348 e. The molecule has 0 aliphatic carbocycles. The molecule has 0 bridgehead atoms. The average Bonchev–Trinajstić information content (AvgIpc) is 2.67. The first kappa shape index (κ1) is 15.5. The van der Waals surface area contributed by atoms with Gasteiger partial charge in [-0.1, -0.05) is 18.2 Å². The van der Waals surface area contributed by atoms with Crippen LogP contribution in [0.25, 0.3) is 0 Å². The molecule has 0 radical (unpaired) electrons. The van der Waals surface area contributed by atoms with Gasteiger partial charge in [-0.3, -0.25) is 4.68 Å². The van der Waals surface area contributed by atoms with E-state index < -0.39 is 0 Å². The number of aryl methyl sites for hydroxylation is 3. The minimum absolute atomic E-state index is 0.715. The number of para-hydroxylation sites is 1. The molecule has 0 unspecified atom stereocenters. The second kappa shape index (κ2) is 6.26. The molecule has 1 heterocycles. The monoisotopic (exact) mass is 302 g/mol. The second-order valence-electron chi connectivity index (χ2n) is 5.37. The van der Waals surface area contributed by atoms with Crippen molar-refractivity contribution < 1.29 is 0 Å². The number of aromatic nitrogens is 2. The standard InChI is InChI=1S/C16H22N4S/c1-11-8-6-7-9-15(11)17-16(21)19(4)10-14-12(2)18-20(5)13(14)3/h6-9H,10H2,1-5H3,(H,17,21). The highest BCUT2D eigenvalue weighted by molar-refractivity contribution is 7.80. The lowest BCUT2D eigenvalue weighted by molar-refractivity contribution is 0.505. The molecule has 2 rings (SSSR count). The summed E-state index contributed by atoms with van der Waals surface area (Å²) in [5.41, 5.74) is 5.70. The van der Waals surface area contributed by atoms with Gasteiger partial charge in [0.05, 0.1) is 5.69 Å². The van der Waals surface area contributed by atoms with E-state index in [0.717, 1.165) is 17.9 Å². The zero-order chi connectivity index (χ0) is 15.6. The van der Waals surface area contributed by atoms with Crippen molar-refractivity contribution in [3.63, 3.8) is 0 Å². The fourth-order valence-electron chi connectivity index (χ4n) is 2.28. The molecule has 0 saturated heterocycles. The van der Waals surface area contributed by atoms with Crippen molar-refractivity contribution in [3.05, 3.63) is 46.8 Å². The molecule has 112 valence electrons. The highest BCUT2D eigenvalue weighted by Gasteiger charge is 2.13. The average molecular weight is 302 g/mol. The summed E-state index contributed by atoms with van der Waals surface area (Å²) in [5.74, 6) is 0. The van der Waals surface area contributed by atoms with Gasteiger partial charge < -0.3 is 10.2 Å². The van der Waals surface area contributed by atoms with Gasteiger partial charge in [0, 0.05) is 37.6 Å². The van der Waals surface area contributed by atoms with E-state index in [2.05, 4.69) is 30.3 Å². The fraction of sp³-hybridized carbons (Fsp3) is 0.375. The summed E-state index contributed by atoms with van der Waals surface area (Å²) in [7, 11) is 3.97. The Balaban J connectivity index is 2.08. The Labute approximate surface area is 131 Å². The quantitative estimate of drug-likeness (QED) is 0.883. The molecular formula is C16H22N4S. The van der Waals surface area contributed by atoms with Crippen LogP contribution in [0, 0.1) is 20.8 Å². The first-order valence-corrected chi connectivity index (χ1v) is 7.37. The van der Waals surface area contributed by atoms with Crippen molar-refractivity contribution in [1.29, 1.82) is 0 Å². The molecule has 21 heavy (non-hydrogen) atoms. The highest BCUT2D eigenvalue weighted by atomic mass is 32.1. The van der Waals surface area contributed by atoms with Crippen molar-refractivity contribution in [1.82, 2.24) is 14.7 Å². The van der Waals surface area contributed by atoms with Crippen LogP contribution in [0.2, 0.25) is 0 Å². The number of nitrogens with one attached hydrogen (secondary N) is 1. The van der Waals surface area contributed by atoms with E-state index in [9.17, 15) is 0 Å². The molecule has 0 aliphatic heterocycles. The normalized spacial score (nSPS) is 10.5. The SMILES string of the molecule is Cc1ccccc1NC(=S)N(C)Cc1c(C)nn(C)c1C. The van der Waals surface area contributed by atoms with E-state index in [1.807, 2.05) is 48.8 Å². The molecule has 2 aromatic rings. The van der Waals surface area contributed by atoms with E-state index in [0.29, 0.717) is 5.11 Å². The minimum atomic E-state index is 0.715. The first-order valence-electron chi connectivity index (χ1n) is 6.97. The van der Waals surface area contributed by atoms with E-state index in [4.69, 9.17) is 12.2 Å². The lowest BCUT2D eigenvalue weighted by Gasteiger charge is -2.22. The third-order valence-corrected chi connectivity index (χ3v) is 4.20. The van der Waals surface area contributed by atoms with E-state index in [1.54, 1.807) is 0 Å². The number of thiocarbonyl (C=S) groups is 1. The molecule has 1 aromatic heterocycles. The van der Waals surface area contributed by atoms with Crippen LogP contribution in [-0.4, -0.2) is 26.8 Å². The molecule has 5 heteroatoms. The molecule has 0 saturated carbocycles. The Morgan fingerprint density at radius 2 is 1.95 bits per heavy atom. The highest BCUT2D eigenvalue weighted by Crippen LogP contribution is 2.17. The number of nitrogens with zero attached hydrogens (tertiary/aromatic N) is 3. The topological polar surface area (TPSA) is 33.1 Å². The van der Waals surface area contributed by atoms with Gasteiger partial charge >= 0.3 is 0 Å². The second-order valence-corrected chi connectivity index (χ2v) is 5.76. The predicted octanol–water partition coefficient (Wildman–Crippen LogP) is 3.17. The summed E-state index contributed by atoms with van der Waals surface area (Å²) in [6.07, 6.45) is 0. The maximum atomic E-state index is 5.50. The predicted molar refractivity (Wildman–Crippen MR) is 91.5 cm³/mol. The maximum absolute atomic E-state index is 5.50. The van der Waals surface area contributed by atoms with Gasteiger partial charge in [0.25, 0.3) is 0 Å². The van der Waals surface area contributed by atoms with Crippen molar-refractivity contribution in [2.45, 2.75) is 27.3 Å². The van der Waals surface area contributed by atoms with E-state index in [-0.39, 0.29) is 0 Å². The Bertz CT molecular complexity index is 660. The van der Waals surface area contributed by atoms with Gasteiger partial charge in [-0.25, -0.2) is 0 Å². The summed E-state index contributed by atoms with van der Waals surface area (Å²) < 4.78 is 1.91. The molecule has 4 nitrogen and oxygen atoms in total. The number of rotatable bonds is 3. The van der Waals surface area contributed by atoms with Gasteiger partial charge in [0.2, 0.25) is 0 Å². The van der Waals surface area contributed by atoms with Crippen molar-refractivity contribution in [2.75, 3.05) is 12.4 Å². The van der Waals surface area contributed by atoms with E-state index in [1.165, 1.54) is 16.8 Å². The number of benzene rings is 1. The zero-order valence-electron chi connectivity index (χ0n) is 13.3. The zero-order valence-corrected chi connectivity index (χ0v) is 14.1. The van der Waals surface area contributed by atoms with Crippen LogP contribution in [0.1, 0.15) is 22.5 Å². The van der Waals surface area contributed by atoms with Crippen molar-refractivity contribution in [3.8, 4) is 0 Å². The van der Waals surface area contributed by atoms with Crippen molar-refractivity contribution >= 4 is 23.0 Å². The summed E-state index contributed by atoms with van der Waals surface area (Å²) in [6, 6.07) is 8.14. The van der Waals surface area contributed by atoms with Crippen molar-refractivity contribution in [2.24, 2.45) is 7.05 Å². The van der Waals surface area contributed by atoms with Gasteiger partial charge in [-0.05, 0) is 44.6 Å². The van der Waals surface area contributed by atoms with E-state index >= 15 is 0 Å². The lowest BCUT2D eigenvalue weighted by Crippen LogP contribution is -2.31. The molecular weight excluding hydrogens is 280 g/mol. The van der Waals surface area contributed by atoms with Gasteiger partial charge in [-0.15, -0.1) is 0 Å². The molecule has 0 aliphatic rings. The van der Waals surface area contributed by atoms with Crippen LogP contribution in [-0.2, 0) is 13.6 Å². The Hall–Kier alpha value is -1.88. The molecule has 1 N–H and O–H groups in total. The summed E-state index contributed by atoms with van der Waals surface area (Å²) >= 11 is 5.50. The summed E-state index contributed by atoms with van der Waals surface area (Å²) in [6.45, 7) is 6.94. The van der Waals surface area contributed by atoms with Crippen LogP contribution in [0.4, 0.5) is 5.69 Å². The van der Waals surface area contributed by atoms with Crippen LogP contribution >= 0.6 is 12.2 Å². The Morgan fingerprint density at radius 3 is 2.52 bits per heavy atom. The van der Waals surface area contributed by atoms with Gasteiger partial charge in [-0.2, -0.15) is 5.10 Å². The molecule has 0 fully saturated rings. The molecule has 0 atom stereocenters. The molecule has 1 aromatic carbocycles. The van der Waals surface area contributed by atoms with Gasteiger partial charge in [0.1, 0.15) is 0 Å². The molecule has 0 amide bonds. The number of hydrogen-bond acceptors (Lipinski definition) is 2. The number of anilines is 1. The van der Waals surface area contributed by atoms with Crippen LogP contribution in [0.15, 0.2) is 24.3 Å². The van der Waals surface area contributed by atoms with Gasteiger partial charge in [0.15, 0.2) is 5.11 Å². The first-order chi connectivity index (χ1) is 9.90. The third kappa shape index (κ3) is 3.42. The van der Waals surface area contributed by atoms with Crippen LogP contribution < -0.4 is 5.32 Å². The smallest absolute Gasteiger partial charge is 0.173 e.